The van der Waals surface area contributed by atoms with Gasteiger partial charge in [0.15, 0.2) is 0 Å². The average molecular weight is 477 g/mol. The van der Waals surface area contributed by atoms with Crippen LogP contribution in [0.5, 0.6) is 0 Å². The summed E-state index contributed by atoms with van der Waals surface area (Å²) in [6.07, 6.45) is 1.95. The zero-order valence-electron chi connectivity index (χ0n) is 20.1. The maximum atomic E-state index is 13.2. The van der Waals surface area contributed by atoms with Gasteiger partial charge >= 0.3 is 5.97 Å². The molecule has 0 bridgehead atoms. The number of hydrogen-bond donors (Lipinski definition) is 1. The molecular weight excluding hydrogens is 440 g/mol. The summed E-state index contributed by atoms with van der Waals surface area (Å²) in [4.78, 5) is 40.8. The Hall–Kier alpha value is -2.49. The summed E-state index contributed by atoms with van der Waals surface area (Å²) in [5.41, 5.74) is 1.09. The van der Waals surface area contributed by atoms with Crippen molar-refractivity contribution in [1.29, 1.82) is 0 Å². The third-order valence-corrected chi connectivity index (χ3v) is 6.71. The van der Waals surface area contributed by atoms with Crippen molar-refractivity contribution in [3.05, 3.63) is 35.9 Å². The van der Waals surface area contributed by atoms with Gasteiger partial charge in [-0.05, 0) is 44.1 Å². The molecule has 34 heavy (non-hydrogen) atoms. The number of carboxylic acids is 1. The van der Waals surface area contributed by atoms with Crippen molar-refractivity contribution in [3.8, 4) is 0 Å². The van der Waals surface area contributed by atoms with Crippen LogP contribution in [0, 0.1) is 0 Å². The number of carbonyl (C=O) groups excluding carboxylic acids is 2. The predicted molar refractivity (Wildman–Crippen MR) is 124 cm³/mol. The van der Waals surface area contributed by atoms with E-state index in [1.165, 1.54) is 19.1 Å². The molecule has 1 N–H and O–H groups in total. The van der Waals surface area contributed by atoms with E-state index in [2.05, 4.69) is 0 Å². The van der Waals surface area contributed by atoms with Crippen LogP contribution >= 0.6 is 0 Å². The van der Waals surface area contributed by atoms with Gasteiger partial charge in [-0.3, -0.25) is 9.59 Å². The number of carbonyl (C=O) groups is 3. The lowest BCUT2D eigenvalue weighted by Gasteiger charge is -2.29. The van der Waals surface area contributed by atoms with E-state index in [4.69, 9.17) is 14.2 Å². The van der Waals surface area contributed by atoms with E-state index < -0.39 is 24.2 Å². The molecule has 2 heterocycles. The average Bonchev–Trinajstić information content (AvgIpc) is 3.52. The number of amides is 2. The van der Waals surface area contributed by atoms with Crippen LogP contribution < -0.4 is 0 Å². The highest BCUT2D eigenvalue weighted by molar-refractivity contribution is 5.87. The monoisotopic (exact) mass is 476 g/mol. The van der Waals surface area contributed by atoms with E-state index in [1.807, 2.05) is 35.2 Å². The number of ether oxygens (including phenoxy) is 3. The van der Waals surface area contributed by atoms with Crippen LogP contribution in [-0.4, -0.2) is 90.9 Å². The molecule has 2 saturated heterocycles. The Balaban J connectivity index is 1.52. The van der Waals surface area contributed by atoms with Crippen molar-refractivity contribution < 1.29 is 33.7 Å². The van der Waals surface area contributed by atoms with Gasteiger partial charge in [0.2, 0.25) is 0 Å². The molecule has 0 aliphatic carbocycles. The van der Waals surface area contributed by atoms with Crippen molar-refractivity contribution in [1.82, 2.24) is 9.80 Å². The first-order valence-electron chi connectivity index (χ1n) is 12.0. The van der Waals surface area contributed by atoms with E-state index >= 15 is 0 Å². The van der Waals surface area contributed by atoms with E-state index in [1.54, 1.807) is 0 Å². The summed E-state index contributed by atoms with van der Waals surface area (Å²) >= 11 is 0. The van der Waals surface area contributed by atoms with Gasteiger partial charge < -0.3 is 29.1 Å². The molecule has 0 spiro atoms. The first-order chi connectivity index (χ1) is 16.5. The topological polar surface area (TPSA) is 106 Å². The SMILES string of the molecule is CO[C@@H](CC[C@H](OC)C(=O)N1CCC[C@@H]1COCc1ccccc1)C(=O)N1CCCC1C(=O)O. The summed E-state index contributed by atoms with van der Waals surface area (Å²) in [6.45, 7) is 2.01. The smallest absolute Gasteiger partial charge is 0.326 e. The molecule has 4 atom stereocenters. The highest BCUT2D eigenvalue weighted by atomic mass is 16.5. The minimum atomic E-state index is -1.000. The summed E-state index contributed by atoms with van der Waals surface area (Å²) in [5, 5.41) is 9.37. The summed E-state index contributed by atoms with van der Waals surface area (Å²) in [7, 11) is 2.92. The molecule has 0 aromatic heterocycles. The Kier molecular flexibility index (Phi) is 9.86. The van der Waals surface area contributed by atoms with Gasteiger partial charge in [-0.25, -0.2) is 4.79 Å². The minimum absolute atomic E-state index is 0.00496. The molecule has 1 aromatic rings. The first-order valence-corrected chi connectivity index (χ1v) is 12.0. The lowest BCUT2D eigenvalue weighted by molar-refractivity contribution is -0.154. The largest absolute Gasteiger partial charge is 0.480 e. The highest BCUT2D eigenvalue weighted by Gasteiger charge is 2.38. The number of carboxylic acid groups (broad SMARTS) is 1. The Morgan fingerprint density at radius 2 is 1.53 bits per heavy atom. The predicted octanol–water partition coefficient (Wildman–Crippen LogP) is 2.08. The van der Waals surface area contributed by atoms with Crippen LogP contribution in [0.1, 0.15) is 44.1 Å². The van der Waals surface area contributed by atoms with Crippen molar-refractivity contribution in [2.75, 3.05) is 33.9 Å². The van der Waals surface area contributed by atoms with Gasteiger partial charge in [0, 0.05) is 27.3 Å². The molecule has 0 saturated carbocycles. The second-order valence-electron chi connectivity index (χ2n) is 8.88. The third-order valence-electron chi connectivity index (χ3n) is 6.71. The fourth-order valence-corrected chi connectivity index (χ4v) is 4.83. The van der Waals surface area contributed by atoms with Crippen LogP contribution in [0.2, 0.25) is 0 Å². The van der Waals surface area contributed by atoms with Crippen molar-refractivity contribution in [3.63, 3.8) is 0 Å². The maximum Gasteiger partial charge on any atom is 0.326 e. The zero-order valence-corrected chi connectivity index (χ0v) is 20.1. The Bertz CT molecular complexity index is 819. The third kappa shape index (κ3) is 6.55. The van der Waals surface area contributed by atoms with Gasteiger partial charge in [-0.2, -0.15) is 0 Å². The summed E-state index contributed by atoms with van der Waals surface area (Å²) in [6, 6.07) is 9.09. The molecule has 1 unspecified atom stereocenters. The molecule has 9 nitrogen and oxygen atoms in total. The van der Waals surface area contributed by atoms with E-state index in [0.717, 1.165) is 18.4 Å². The van der Waals surface area contributed by atoms with Crippen LogP contribution in [0.4, 0.5) is 0 Å². The standard InChI is InChI=1S/C25H36N2O7/c1-32-21(12-13-22(33-2)24(29)27-15-7-11-20(27)25(30)31)23(28)26-14-6-10-19(26)17-34-16-18-8-4-3-5-9-18/h3-5,8-9,19-22H,6-7,10-17H2,1-2H3,(H,30,31)/t19-,20?,21+,22+/m1/s1. The lowest BCUT2D eigenvalue weighted by atomic mass is 10.1. The Morgan fingerprint density at radius 1 is 0.941 bits per heavy atom. The van der Waals surface area contributed by atoms with Crippen molar-refractivity contribution in [2.24, 2.45) is 0 Å². The molecule has 9 heteroatoms. The first kappa shape index (κ1) is 26.1. The van der Waals surface area contributed by atoms with Gasteiger partial charge in [0.25, 0.3) is 11.8 Å². The second kappa shape index (κ2) is 12.8. The molecule has 2 fully saturated rings. The second-order valence-corrected chi connectivity index (χ2v) is 8.88. The van der Waals surface area contributed by atoms with E-state index in [-0.39, 0.29) is 24.3 Å². The number of aliphatic carboxylic acids is 1. The molecule has 1 aromatic carbocycles. The van der Waals surface area contributed by atoms with Gasteiger partial charge in [-0.1, -0.05) is 30.3 Å². The zero-order chi connectivity index (χ0) is 24.5. The fourth-order valence-electron chi connectivity index (χ4n) is 4.83. The van der Waals surface area contributed by atoms with Crippen LogP contribution in [0.15, 0.2) is 30.3 Å². The molecule has 3 rings (SSSR count). The number of methoxy groups -OCH3 is 2. The molecule has 2 aliphatic rings. The van der Waals surface area contributed by atoms with Gasteiger partial charge in [0.1, 0.15) is 18.2 Å². The number of hydrogen-bond acceptors (Lipinski definition) is 6. The highest BCUT2D eigenvalue weighted by Crippen LogP contribution is 2.23. The summed E-state index contributed by atoms with van der Waals surface area (Å²) in [5.74, 6) is -1.46. The molecule has 2 aliphatic heterocycles. The van der Waals surface area contributed by atoms with Crippen molar-refractivity contribution in [2.45, 2.75) is 69.4 Å². The Morgan fingerprint density at radius 3 is 2.15 bits per heavy atom. The number of nitrogens with zero attached hydrogens (tertiary/aromatic N) is 2. The number of rotatable bonds is 12. The summed E-state index contributed by atoms with van der Waals surface area (Å²) < 4.78 is 16.8. The normalized spacial score (nSPS) is 22.1. The van der Waals surface area contributed by atoms with Crippen LogP contribution in [0.25, 0.3) is 0 Å². The lowest BCUT2D eigenvalue weighted by Crippen LogP contribution is -2.47. The molecule has 2 amide bonds. The molecule has 0 radical (unpaired) electrons. The van der Waals surface area contributed by atoms with Gasteiger partial charge in [-0.15, -0.1) is 0 Å². The minimum Gasteiger partial charge on any atom is -0.480 e. The molecular formula is C25H36N2O7. The van der Waals surface area contributed by atoms with E-state index in [9.17, 15) is 19.5 Å². The quantitative estimate of drug-likeness (QED) is 0.492. The van der Waals surface area contributed by atoms with Crippen molar-refractivity contribution >= 4 is 17.8 Å². The van der Waals surface area contributed by atoms with Gasteiger partial charge in [0.05, 0.1) is 19.3 Å². The van der Waals surface area contributed by atoms with Crippen LogP contribution in [-0.2, 0) is 35.2 Å². The van der Waals surface area contributed by atoms with E-state index in [0.29, 0.717) is 45.6 Å². The van der Waals surface area contributed by atoms with Crippen LogP contribution in [0.3, 0.4) is 0 Å². The molecule has 188 valence electrons. The fraction of sp³-hybridized carbons (Fsp3) is 0.640. The Labute approximate surface area is 200 Å². The maximum absolute atomic E-state index is 13.2. The number of benzene rings is 1. The number of likely N-dealkylation sites (tertiary alicyclic amines) is 2.